The zero-order chi connectivity index (χ0) is 13.2. The molecule has 5 heteroatoms. The first-order chi connectivity index (χ1) is 9.22. The molecular weight excluding hydrogens is 304 g/mol. The van der Waals surface area contributed by atoms with Crippen LogP contribution in [0.1, 0.15) is 31.5 Å². The third-order valence-electron chi connectivity index (χ3n) is 4.19. The molecule has 0 aliphatic carbocycles. The summed E-state index contributed by atoms with van der Waals surface area (Å²) < 4.78 is 0.886. The first kappa shape index (κ1) is 13.3. The summed E-state index contributed by atoms with van der Waals surface area (Å²) in [6.07, 6.45) is 5.41. The van der Waals surface area contributed by atoms with E-state index in [2.05, 4.69) is 35.7 Å². The Balaban J connectivity index is 1.67. The van der Waals surface area contributed by atoms with Gasteiger partial charge in [0.25, 0.3) is 0 Å². The highest BCUT2D eigenvalue weighted by Crippen LogP contribution is 2.25. The molecule has 3 rings (SSSR count). The molecule has 3 heterocycles. The second-order valence-corrected chi connectivity index (χ2v) is 6.39. The predicted octanol–water partition coefficient (Wildman–Crippen LogP) is 2.61. The molecule has 104 valence electrons. The Morgan fingerprint density at radius 3 is 2.68 bits per heavy atom. The van der Waals surface area contributed by atoms with Crippen LogP contribution in [0.3, 0.4) is 0 Å². The van der Waals surface area contributed by atoms with Gasteiger partial charge in [-0.05, 0) is 55.2 Å². The van der Waals surface area contributed by atoms with E-state index in [0.29, 0.717) is 6.04 Å². The smallest absolute Gasteiger partial charge is 0.133 e. The largest absolute Gasteiger partial charge is 0.355 e. The third-order valence-corrected chi connectivity index (χ3v) is 4.59. The molecule has 2 aliphatic rings. The van der Waals surface area contributed by atoms with Gasteiger partial charge in [-0.15, -0.1) is 0 Å². The molecule has 0 saturated carbocycles. The molecule has 0 radical (unpaired) electrons. The molecule has 2 aliphatic heterocycles. The number of nitrogens with zero attached hydrogens (tertiary/aromatic N) is 4. The summed E-state index contributed by atoms with van der Waals surface area (Å²) in [6.45, 7) is 6.75. The zero-order valence-corrected chi connectivity index (χ0v) is 13.1. The topological polar surface area (TPSA) is 32.3 Å². The first-order valence-electron chi connectivity index (χ1n) is 7.22. The standard InChI is InChI=1S/C14H21BrN4/c1-11-16-13(15)9-14(17-11)19-8-5-12(10-19)18-6-3-2-4-7-18/h9,12H,2-8,10H2,1H3. The molecule has 0 aromatic carbocycles. The lowest BCUT2D eigenvalue weighted by molar-refractivity contribution is 0.175. The van der Waals surface area contributed by atoms with Gasteiger partial charge in [0.15, 0.2) is 0 Å². The maximum absolute atomic E-state index is 4.56. The second kappa shape index (κ2) is 5.75. The summed E-state index contributed by atoms with van der Waals surface area (Å²) in [6, 6.07) is 2.75. The number of aromatic nitrogens is 2. The highest BCUT2D eigenvalue weighted by Gasteiger charge is 2.29. The van der Waals surface area contributed by atoms with Gasteiger partial charge in [-0.1, -0.05) is 6.42 Å². The van der Waals surface area contributed by atoms with Crippen molar-refractivity contribution in [3.8, 4) is 0 Å². The van der Waals surface area contributed by atoms with Crippen molar-refractivity contribution in [3.63, 3.8) is 0 Å². The van der Waals surface area contributed by atoms with Gasteiger partial charge in [-0.25, -0.2) is 9.97 Å². The van der Waals surface area contributed by atoms with Crippen LogP contribution >= 0.6 is 15.9 Å². The van der Waals surface area contributed by atoms with Crippen molar-refractivity contribution in [1.29, 1.82) is 0 Å². The fraction of sp³-hybridized carbons (Fsp3) is 0.714. The minimum absolute atomic E-state index is 0.717. The van der Waals surface area contributed by atoms with E-state index in [4.69, 9.17) is 0 Å². The minimum Gasteiger partial charge on any atom is -0.355 e. The van der Waals surface area contributed by atoms with E-state index in [0.717, 1.165) is 29.3 Å². The summed E-state index contributed by atoms with van der Waals surface area (Å²) in [5.74, 6) is 1.91. The van der Waals surface area contributed by atoms with Crippen molar-refractivity contribution in [2.24, 2.45) is 0 Å². The van der Waals surface area contributed by atoms with Crippen LogP contribution < -0.4 is 4.90 Å². The Labute approximate surface area is 123 Å². The maximum atomic E-state index is 4.56. The monoisotopic (exact) mass is 324 g/mol. The van der Waals surface area contributed by atoms with Gasteiger partial charge in [0, 0.05) is 25.2 Å². The van der Waals surface area contributed by atoms with Gasteiger partial charge in [-0.3, -0.25) is 4.90 Å². The van der Waals surface area contributed by atoms with Crippen LogP contribution in [0.15, 0.2) is 10.7 Å². The van der Waals surface area contributed by atoms with E-state index < -0.39 is 0 Å². The average molecular weight is 325 g/mol. The van der Waals surface area contributed by atoms with Crippen LogP contribution in [0.4, 0.5) is 5.82 Å². The van der Waals surface area contributed by atoms with Crippen molar-refractivity contribution >= 4 is 21.7 Å². The van der Waals surface area contributed by atoms with Crippen LogP contribution in [0.25, 0.3) is 0 Å². The Hall–Kier alpha value is -0.680. The van der Waals surface area contributed by atoms with E-state index in [1.54, 1.807) is 0 Å². The number of hydrogen-bond donors (Lipinski definition) is 0. The summed E-state index contributed by atoms with van der Waals surface area (Å²) in [5, 5.41) is 0. The van der Waals surface area contributed by atoms with Gasteiger partial charge >= 0.3 is 0 Å². The lowest BCUT2D eigenvalue weighted by atomic mass is 10.1. The normalized spacial score (nSPS) is 24.9. The van der Waals surface area contributed by atoms with E-state index in [1.807, 2.05) is 13.0 Å². The summed E-state index contributed by atoms with van der Waals surface area (Å²) in [7, 11) is 0. The Kier molecular flexibility index (Phi) is 4.03. The molecule has 2 fully saturated rings. The van der Waals surface area contributed by atoms with Gasteiger partial charge in [0.05, 0.1) is 0 Å². The van der Waals surface area contributed by atoms with E-state index in [1.165, 1.54) is 38.8 Å². The molecule has 0 N–H and O–H groups in total. The predicted molar refractivity (Wildman–Crippen MR) is 80.5 cm³/mol. The molecule has 4 nitrogen and oxygen atoms in total. The number of hydrogen-bond acceptors (Lipinski definition) is 4. The quantitative estimate of drug-likeness (QED) is 0.783. The van der Waals surface area contributed by atoms with Crippen LogP contribution in [-0.2, 0) is 0 Å². The van der Waals surface area contributed by atoms with Crippen LogP contribution in [0, 0.1) is 6.92 Å². The molecule has 19 heavy (non-hydrogen) atoms. The number of anilines is 1. The highest BCUT2D eigenvalue weighted by molar-refractivity contribution is 9.10. The summed E-state index contributed by atoms with van der Waals surface area (Å²) in [5.41, 5.74) is 0. The van der Waals surface area contributed by atoms with Crippen molar-refractivity contribution in [3.05, 3.63) is 16.5 Å². The molecule has 1 unspecified atom stereocenters. The van der Waals surface area contributed by atoms with E-state index in [9.17, 15) is 0 Å². The lowest BCUT2D eigenvalue weighted by Crippen LogP contribution is -2.41. The maximum Gasteiger partial charge on any atom is 0.133 e. The van der Waals surface area contributed by atoms with E-state index in [-0.39, 0.29) is 0 Å². The summed E-state index contributed by atoms with van der Waals surface area (Å²) >= 11 is 3.46. The molecule has 1 aromatic rings. The fourth-order valence-electron chi connectivity index (χ4n) is 3.21. The molecule has 0 spiro atoms. The number of rotatable bonds is 2. The van der Waals surface area contributed by atoms with Gasteiger partial charge in [0.2, 0.25) is 0 Å². The Bertz CT molecular complexity index is 425. The molecule has 2 saturated heterocycles. The van der Waals surface area contributed by atoms with Crippen molar-refractivity contribution in [2.75, 3.05) is 31.1 Å². The van der Waals surface area contributed by atoms with Crippen LogP contribution in [0.2, 0.25) is 0 Å². The Morgan fingerprint density at radius 2 is 1.95 bits per heavy atom. The van der Waals surface area contributed by atoms with Gasteiger partial charge in [0.1, 0.15) is 16.2 Å². The fourth-order valence-corrected chi connectivity index (χ4v) is 3.67. The van der Waals surface area contributed by atoms with Gasteiger partial charge in [-0.2, -0.15) is 0 Å². The molecule has 0 bridgehead atoms. The minimum atomic E-state index is 0.717. The first-order valence-corrected chi connectivity index (χ1v) is 8.02. The molecule has 1 atom stereocenters. The third kappa shape index (κ3) is 3.08. The molecule has 1 aromatic heterocycles. The number of halogens is 1. The lowest BCUT2D eigenvalue weighted by Gasteiger charge is -2.32. The average Bonchev–Trinajstić information content (AvgIpc) is 2.88. The van der Waals surface area contributed by atoms with Crippen LogP contribution in [0.5, 0.6) is 0 Å². The summed E-state index contributed by atoms with van der Waals surface area (Å²) in [4.78, 5) is 13.9. The van der Waals surface area contributed by atoms with Gasteiger partial charge < -0.3 is 4.90 Å². The molecular formula is C14H21BrN4. The van der Waals surface area contributed by atoms with Crippen molar-refractivity contribution < 1.29 is 0 Å². The van der Waals surface area contributed by atoms with E-state index >= 15 is 0 Å². The number of piperidine rings is 1. The number of likely N-dealkylation sites (tertiary alicyclic amines) is 1. The number of aryl methyl sites for hydroxylation is 1. The van der Waals surface area contributed by atoms with Crippen LogP contribution in [-0.4, -0.2) is 47.1 Å². The SMILES string of the molecule is Cc1nc(Br)cc(N2CCC(N3CCCCC3)C2)n1. The van der Waals surface area contributed by atoms with Crippen molar-refractivity contribution in [1.82, 2.24) is 14.9 Å². The Morgan fingerprint density at radius 1 is 1.16 bits per heavy atom. The molecule has 0 amide bonds. The zero-order valence-electron chi connectivity index (χ0n) is 11.5. The second-order valence-electron chi connectivity index (χ2n) is 5.58. The van der Waals surface area contributed by atoms with Crippen molar-refractivity contribution in [2.45, 2.75) is 38.6 Å². The highest BCUT2D eigenvalue weighted by atomic mass is 79.9.